The van der Waals surface area contributed by atoms with Gasteiger partial charge < -0.3 is 15.2 Å². The second kappa shape index (κ2) is 9.76. The van der Waals surface area contributed by atoms with Gasteiger partial charge in [-0.15, -0.1) is 0 Å². The normalized spacial score (nSPS) is 11.0. The first-order valence-corrected chi connectivity index (χ1v) is 9.17. The predicted octanol–water partition coefficient (Wildman–Crippen LogP) is 3.93. The molecule has 0 saturated heterocycles. The van der Waals surface area contributed by atoms with E-state index in [1.165, 1.54) is 0 Å². The molecule has 0 heterocycles. The standard InChI is InChI=1S/C22H27NO4/c1-22(2,21(25)26)14-6-16-27-19-11-9-17(10-12-19)13-15-23-20(24)18-7-4-3-5-8-18/h3-5,7-12H,6,13-16H2,1-2H3,(H,23,24)(H,25,26). The van der Waals surface area contributed by atoms with E-state index in [0.29, 0.717) is 31.6 Å². The minimum atomic E-state index is -0.786. The summed E-state index contributed by atoms with van der Waals surface area (Å²) in [5.74, 6) is -0.0914. The highest BCUT2D eigenvalue weighted by molar-refractivity contribution is 5.94. The molecule has 0 aromatic heterocycles. The third-order valence-corrected chi connectivity index (χ3v) is 4.45. The van der Waals surface area contributed by atoms with Crippen LogP contribution in [0.25, 0.3) is 0 Å². The number of rotatable bonds is 10. The molecule has 144 valence electrons. The highest BCUT2D eigenvalue weighted by atomic mass is 16.5. The summed E-state index contributed by atoms with van der Waals surface area (Å²) in [7, 11) is 0. The summed E-state index contributed by atoms with van der Waals surface area (Å²) in [6.07, 6.45) is 2.00. The zero-order chi connectivity index (χ0) is 19.7. The van der Waals surface area contributed by atoms with Gasteiger partial charge in [0.2, 0.25) is 0 Å². The van der Waals surface area contributed by atoms with E-state index in [-0.39, 0.29) is 5.91 Å². The first-order valence-electron chi connectivity index (χ1n) is 9.17. The smallest absolute Gasteiger partial charge is 0.309 e. The Balaban J connectivity index is 1.69. The van der Waals surface area contributed by atoms with Crippen molar-refractivity contribution < 1.29 is 19.4 Å². The zero-order valence-electron chi connectivity index (χ0n) is 15.9. The van der Waals surface area contributed by atoms with E-state index in [2.05, 4.69) is 5.32 Å². The first kappa shape index (κ1) is 20.5. The highest BCUT2D eigenvalue weighted by Gasteiger charge is 2.26. The maximum absolute atomic E-state index is 12.0. The average Bonchev–Trinajstić information content (AvgIpc) is 2.67. The molecule has 0 fully saturated rings. The maximum Gasteiger partial charge on any atom is 0.309 e. The van der Waals surface area contributed by atoms with Crippen LogP contribution in [0.5, 0.6) is 5.75 Å². The van der Waals surface area contributed by atoms with E-state index in [1.807, 2.05) is 42.5 Å². The molecule has 2 aromatic carbocycles. The van der Waals surface area contributed by atoms with Gasteiger partial charge >= 0.3 is 5.97 Å². The number of hydrogen-bond donors (Lipinski definition) is 2. The minimum absolute atomic E-state index is 0.0696. The molecule has 0 atom stereocenters. The van der Waals surface area contributed by atoms with Gasteiger partial charge in [0.15, 0.2) is 0 Å². The molecular weight excluding hydrogens is 342 g/mol. The van der Waals surface area contributed by atoms with Crippen molar-refractivity contribution in [3.63, 3.8) is 0 Å². The number of benzene rings is 2. The number of amides is 1. The Labute approximate surface area is 160 Å². The Bertz CT molecular complexity index is 739. The summed E-state index contributed by atoms with van der Waals surface area (Å²) >= 11 is 0. The van der Waals surface area contributed by atoms with Gasteiger partial charge in [0, 0.05) is 12.1 Å². The van der Waals surface area contributed by atoms with Crippen LogP contribution in [0.3, 0.4) is 0 Å². The van der Waals surface area contributed by atoms with Crippen molar-refractivity contribution in [2.24, 2.45) is 5.41 Å². The van der Waals surface area contributed by atoms with Gasteiger partial charge in [0.25, 0.3) is 5.91 Å². The van der Waals surface area contributed by atoms with Crippen LogP contribution >= 0.6 is 0 Å². The van der Waals surface area contributed by atoms with Crippen LogP contribution in [0.15, 0.2) is 54.6 Å². The van der Waals surface area contributed by atoms with Crippen LogP contribution in [-0.4, -0.2) is 30.1 Å². The van der Waals surface area contributed by atoms with Crippen LogP contribution in [0.4, 0.5) is 0 Å². The fourth-order valence-electron chi connectivity index (χ4n) is 2.58. The summed E-state index contributed by atoms with van der Waals surface area (Å²) in [6.45, 7) is 4.50. The van der Waals surface area contributed by atoms with Gasteiger partial charge in [-0.3, -0.25) is 9.59 Å². The molecule has 0 unspecified atom stereocenters. The van der Waals surface area contributed by atoms with Gasteiger partial charge in [-0.1, -0.05) is 30.3 Å². The van der Waals surface area contributed by atoms with Crippen molar-refractivity contribution in [3.05, 3.63) is 65.7 Å². The van der Waals surface area contributed by atoms with Gasteiger partial charge in [0.1, 0.15) is 5.75 Å². The summed E-state index contributed by atoms with van der Waals surface area (Å²) in [5.41, 5.74) is 1.05. The van der Waals surface area contributed by atoms with Gasteiger partial charge in [-0.05, 0) is 62.9 Å². The number of aliphatic carboxylic acids is 1. The second-order valence-corrected chi connectivity index (χ2v) is 7.16. The molecule has 0 aliphatic rings. The number of carbonyl (C=O) groups excluding carboxylic acids is 1. The lowest BCUT2D eigenvalue weighted by atomic mass is 9.88. The monoisotopic (exact) mass is 369 g/mol. The Hall–Kier alpha value is -2.82. The third kappa shape index (κ3) is 6.77. The van der Waals surface area contributed by atoms with E-state index in [1.54, 1.807) is 26.0 Å². The quantitative estimate of drug-likeness (QED) is 0.622. The third-order valence-electron chi connectivity index (χ3n) is 4.45. The van der Waals surface area contributed by atoms with Crippen LogP contribution in [-0.2, 0) is 11.2 Å². The second-order valence-electron chi connectivity index (χ2n) is 7.16. The van der Waals surface area contributed by atoms with Gasteiger partial charge in [-0.25, -0.2) is 0 Å². The average molecular weight is 369 g/mol. The van der Waals surface area contributed by atoms with Crippen molar-refractivity contribution in [1.29, 1.82) is 0 Å². The van der Waals surface area contributed by atoms with E-state index < -0.39 is 11.4 Å². The Morgan fingerprint density at radius 2 is 1.70 bits per heavy atom. The van der Waals surface area contributed by atoms with E-state index >= 15 is 0 Å². The van der Waals surface area contributed by atoms with Crippen LogP contribution < -0.4 is 10.1 Å². The molecule has 2 N–H and O–H groups in total. The lowest BCUT2D eigenvalue weighted by Gasteiger charge is -2.18. The summed E-state index contributed by atoms with van der Waals surface area (Å²) in [4.78, 5) is 23.0. The van der Waals surface area contributed by atoms with Gasteiger partial charge in [0.05, 0.1) is 12.0 Å². The first-order chi connectivity index (χ1) is 12.9. The maximum atomic E-state index is 12.0. The molecule has 0 aliphatic heterocycles. The van der Waals surface area contributed by atoms with Gasteiger partial charge in [-0.2, -0.15) is 0 Å². The summed E-state index contributed by atoms with van der Waals surface area (Å²) < 4.78 is 5.67. The molecule has 2 rings (SSSR count). The van der Waals surface area contributed by atoms with Crippen LogP contribution in [0, 0.1) is 5.41 Å². The lowest BCUT2D eigenvalue weighted by molar-refractivity contribution is -0.147. The fourth-order valence-corrected chi connectivity index (χ4v) is 2.58. The number of ether oxygens (including phenoxy) is 1. The SMILES string of the molecule is CC(C)(CCCOc1ccc(CCNC(=O)c2ccccc2)cc1)C(=O)O. The molecule has 0 spiro atoms. The molecule has 2 aromatic rings. The molecule has 5 nitrogen and oxygen atoms in total. The molecule has 1 amide bonds. The van der Waals surface area contributed by atoms with E-state index in [0.717, 1.165) is 17.7 Å². The van der Waals surface area contributed by atoms with Crippen molar-refractivity contribution in [1.82, 2.24) is 5.32 Å². The topological polar surface area (TPSA) is 75.6 Å². The van der Waals surface area contributed by atoms with Crippen LogP contribution in [0.2, 0.25) is 0 Å². The summed E-state index contributed by atoms with van der Waals surface area (Å²) in [6, 6.07) is 16.9. The number of carbonyl (C=O) groups is 2. The number of hydrogen-bond acceptors (Lipinski definition) is 3. The lowest BCUT2D eigenvalue weighted by Crippen LogP contribution is -2.25. The molecule has 5 heteroatoms. The largest absolute Gasteiger partial charge is 0.494 e. The van der Waals surface area contributed by atoms with Crippen molar-refractivity contribution in [2.45, 2.75) is 33.1 Å². The van der Waals surface area contributed by atoms with Crippen molar-refractivity contribution >= 4 is 11.9 Å². The molecule has 27 heavy (non-hydrogen) atoms. The molecule has 0 saturated carbocycles. The highest BCUT2D eigenvalue weighted by Crippen LogP contribution is 2.22. The Kier molecular flexibility index (Phi) is 7.41. The summed E-state index contributed by atoms with van der Waals surface area (Å²) in [5, 5.41) is 12.0. The fraction of sp³-hybridized carbons (Fsp3) is 0.364. The molecule has 0 aliphatic carbocycles. The van der Waals surface area contributed by atoms with E-state index in [9.17, 15) is 9.59 Å². The Morgan fingerprint density at radius 1 is 1.04 bits per heavy atom. The van der Waals surface area contributed by atoms with Crippen molar-refractivity contribution in [2.75, 3.05) is 13.2 Å². The zero-order valence-corrected chi connectivity index (χ0v) is 15.9. The van der Waals surface area contributed by atoms with E-state index in [4.69, 9.17) is 9.84 Å². The van der Waals surface area contributed by atoms with Crippen molar-refractivity contribution in [3.8, 4) is 5.75 Å². The number of nitrogens with one attached hydrogen (secondary N) is 1. The minimum Gasteiger partial charge on any atom is -0.494 e. The predicted molar refractivity (Wildman–Crippen MR) is 105 cm³/mol. The molecule has 0 bridgehead atoms. The number of carboxylic acids is 1. The molecule has 0 radical (unpaired) electrons. The van der Waals surface area contributed by atoms with Crippen LogP contribution in [0.1, 0.15) is 42.6 Å². The Morgan fingerprint density at radius 3 is 2.33 bits per heavy atom. The number of carboxylic acid groups (broad SMARTS) is 1. The molecular formula is C22H27NO4.